The van der Waals surface area contributed by atoms with Gasteiger partial charge in [0, 0.05) is 31.1 Å². The van der Waals surface area contributed by atoms with Crippen LogP contribution < -0.4 is 10.2 Å². The van der Waals surface area contributed by atoms with Crippen molar-refractivity contribution in [3.63, 3.8) is 0 Å². The Morgan fingerprint density at radius 2 is 2.10 bits per heavy atom. The molecular weight excluding hydrogens is 248 g/mol. The summed E-state index contributed by atoms with van der Waals surface area (Å²) in [7, 11) is 0. The quantitative estimate of drug-likeness (QED) is 0.891. The second-order valence-electron chi connectivity index (χ2n) is 6.39. The average molecular weight is 276 g/mol. The van der Waals surface area contributed by atoms with Crippen molar-refractivity contribution < 1.29 is 0 Å². The summed E-state index contributed by atoms with van der Waals surface area (Å²) in [6, 6.07) is 2.68. The Morgan fingerprint density at radius 3 is 2.65 bits per heavy atom. The number of nitrogens with one attached hydrogen (secondary N) is 1. The maximum atomic E-state index is 4.78. The normalized spacial score (nSPS) is 22.6. The van der Waals surface area contributed by atoms with Gasteiger partial charge in [-0.3, -0.25) is 0 Å². The molecule has 1 fully saturated rings. The molecule has 1 aliphatic rings. The molecule has 2 heterocycles. The van der Waals surface area contributed by atoms with Crippen molar-refractivity contribution in [1.29, 1.82) is 0 Å². The van der Waals surface area contributed by atoms with Crippen LogP contribution in [-0.2, 0) is 0 Å². The monoisotopic (exact) mass is 276 g/mol. The first kappa shape index (κ1) is 15.1. The highest BCUT2D eigenvalue weighted by atomic mass is 15.2. The van der Waals surface area contributed by atoms with E-state index in [1.807, 2.05) is 0 Å². The standard InChI is InChI=1S/C16H28N4/c1-6-7-17-14-9-15(19-16(18-14)11(2)3)20-10-12(4)8-13(20)5/h9,11-13H,6-8,10H2,1-5H3,(H,17,18,19). The van der Waals surface area contributed by atoms with Gasteiger partial charge in [-0.05, 0) is 25.7 Å². The molecule has 0 bridgehead atoms. The Hall–Kier alpha value is -1.32. The molecule has 1 N–H and O–H groups in total. The van der Waals surface area contributed by atoms with Gasteiger partial charge in [-0.15, -0.1) is 0 Å². The van der Waals surface area contributed by atoms with Crippen molar-refractivity contribution in [2.24, 2.45) is 5.92 Å². The molecule has 2 atom stereocenters. The van der Waals surface area contributed by atoms with E-state index in [1.54, 1.807) is 0 Å². The van der Waals surface area contributed by atoms with Crippen molar-refractivity contribution in [3.8, 4) is 0 Å². The molecule has 112 valence electrons. The van der Waals surface area contributed by atoms with Crippen molar-refractivity contribution in [2.45, 2.75) is 59.4 Å². The van der Waals surface area contributed by atoms with Gasteiger partial charge in [0.25, 0.3) is 0 Å². The van der Waals surface area contributed by atoms with Gasteiger partial charge >= 0.3 is 0 Å². The molecule has 1 saturated heterocycles. The minimum Gasteiger partial charge on any atom is -0.370 e. The van der Waals surface area contributed by atoms with Crippen molar-refractivity contribution in [2.75, 3.05) is 23.3 Å². The molecule has 1 aromatic rings. The Morgan fingerprint density at radius 1 is 1.35 bits per heavy atom. The molecule has 20 heavy (non-hydrogen) atoms. The summed E-state index contributed by atoms with van der Waals surface area (Å²) in [6.07, 6.45) is 2.35. The first-order valence-electron chi connectivity index (χ1n) is 7.90. The van der Waals surface area contributed by atoms with Crippen LogP contribution in [0.1, 0.15) is 59.2 Å². The SMILES string of the molecule is CCCNc1cc(N2CC(C)CC2C)nc(C(C)C)n1. The molecule has 2 rings (SSSR count). The molecule has 2 unspecified atom stereocenters. The zero-order chi connectivity index (χ0) is 14.7. The van der Waals surface area contributed by atoms with Crippen LogP contribution in [0.2, 0.25) is 0 Å². The fourth-order valence-corrected chi connectivity index (χ4v) is 2.82. The lowest BCUT2D eigenvalue weighted by molar-refractivity contribution is 0.625. The fraction of sp³-hybridized carbons (Fsp3) is 0.750. The van der Waals surface area contributed by atoms with Crippen LogP contribution in [0.15, 0.2) is 6.07 Å². The minimum atomic E-state index is 0.354. The van der Waals surface area contributed by atoms with Crippen LogP contribution in [0, 0.1) is 5.92 Å². The zero-order valence-electron chi connectivity index (χ0n) is 13.5. The largest absolute Gasteiger partial charge is 0.370 e. The minimum absolute atomic E-state index is 0.354. The highest BCUT2D eigenvalue weighted by Gasteiger charge is 2.27. The maximum Gasteiger partial charge on any atom is 0.135 e. The second kappa shape index (κ2) is 6.42. The van der Waals surface area contributed by atoms with Crippen LogP contribution in [0.5, 0.6) is 0 Å². The predicted molar refractivity (Wildman–Crippen MR) is 85.5 cm³/mol. The number of rotatable bonds is 5. The Labute approximate surface area is 123 Å². The lowest BCUT2D eigenvalue weighted by atomic mass is 10.1. The molecule has 0 radical (unpaired) electrons. The van der Waals surface area contributed by atoms with Crippen molar-refractivity contribution >= 4 is 11.6 Å². The van der Waals surface area contributed by atoms with E-state index < -0.39 is 0 Å². The molecule has 1 aromatic heterocycles. The van der Waals surface area contributed by atoms with Crippen molar-refractivity contribution in [3.05, 3.63) is 11.9 Å². The van der Waals surface area contributed by atoms with Gasteiger partial charge in [0.15, 0.2) is 0 Å². The van der Waals surface area contributed by atoms with E-state index in [1.165, 1.54) is 6.42 Å². The lowest BCUT2D eigenvalue weighted by Gasteiger charge is -2.24. The molecule has 0 spiro atoms. The molecule has 0 saturated carbocycles. The van der Waals surface area contributed by atoms with Crippen LogP contribution in [0.3, 0.4) is 0 Å². The molecule has 0 aliphatic carbocycles. The summed E-state index contributed by atoms with van der Waals surface area (Å²) < 4.78 is 0. The summed E-state index contributed by atoms with van der Waals surface area (Å²) in [5, 5.41) is 3.40. The Balaban J connectivity index is 2.29. The van der Waals surface area contributed by atoms with Gasteiger partial charge in [0.2, 0.25) is 0 Å². The number of hydrogen-bond donors (Lipinski definition) is 1. The van der Waals surface area contributed by atoms with Crippen LogP contribution in [0.25, 0.3) is 0 Å². The first-order chi connectivity index (χ1) is 9.51. The molecule has 0 aromatic carbocycles. The molecule has 4 heteroatoms. The van der Waals surface area contributed by atoms with Crippen LogP contribution in [0.4, 0.5) is 11.6 Å². The van der Waals surface area contributed by atoms with Gasteiger partial charge in [-0.2, -0.15) is 0 Å². The summed E-state index contributed by atoms with van der Waals surface area (Å²) in [5.74, 6) is 4.08. The smallest absolute Gasteiger partial charge is 0.135 e. The number of anilines is 2. The zero-order valence-corrected chi connectivity index (χ0v) is 13.5. The van der Waals surface area contributed by atoms with E-state index >= 15 is 0 Å². The Kier molecular flexibility index (Phi) is 4.84. The number of aromatic nitrogens is 2. The van der Waals surface area contributed by atoms with Gasteiger partial charge < -0.3 is 10.2 Å². The summed E-state index contributed by atoms with van der Waals surface area (Å²) in [6.45, 7) is 13.1. The van der Waals surface area contributed by atoms with Gasteiger partial charge in [0.1, 0.15) is 17.5 Å². The van der Waals surface area contributed by atoms with E-state index in [4.69, 9.17) is 4.98 Å². The van der Waals surface area contributed by atoms with Gasteiger partial charge in [-0.1, -0.05) is 27.7 Å². The number of nitrogens with zero attached hydrogens (tertiary/aromatic N) is 3. The second-order valence-corrected chi connectivity index (χ2v) is 6.39. The topological polar surface area (TPSA) is 41.0 Å². The van der Waals surface area contributed by atoms with Crippen molar-refractivity contribution in [1.82, 2.24) is 9.97 Å². The third-order valence-electron chi connectivity index (χ3n) is 3.88. The van der Waals surface area contributed by atoms with Crippen LogP contribution >= 0.6 is 0 Å². The number of hydrogen-bond acceptors (Lipinski definition) is 4. The average Bonchev–Trinajstić information content (AvgIpc) is 2.75. The highest BCUT2D eigenvalue weighted by Crippen LogP contribution is 2.29. The van der Waals surface area contributed by atoms with Gasteiger partial charge in [0.05, 0.1) is 0 Å². The Bertz CT molecular complexity index is 444. The lowest BCUT2D eigenvalue weighted by Crippen LogP contribution is -2.28. The van der Waals surface area contributed by atoms with Crippen LogP contribution in [-0.4, -0.2) is 29.1 Å². The summed E-state index contributed by atoms with van der Waals surface area (Å²) >= 11 is 0. The van der Waals surface area contributed by atoms with E-state index in [-0.39, 0.29) is 0 Å². The third-order valence-corrected chi connectivity index (χ3v) is 3.88. The maximum absolute atomic E-state index is 4.78. The third kappa shape index (κ3) is 3.41. The van der Waals surface area contributed by atoms with E-state index in [9.17, 15) is 0 Å². The molecule has 0 amide bonds. The highest BCUT2D eigenvalue weighted by molar-refractivity contribution is 5.51. The molecule has 1 aliphatic heterocycles. The van der Waals surface area contributed by atoms with E-state index in [0.717, 1.165) is 42.9 Å². The molecule has 4 nitrogen and oxygen atoms in total. The molecular formula is C16H28N4. The summed E-state index contributed by atoms with van der Waals surface area (Å²) in [5.41, 5.74) is 0. The van der Waals surface area contributed by atoms with E-state index in [0.29, 0.717) is 12.0 Å². The fourth-order valence-electron chi connectivity index (χ4n) is 2.82. The van der Waals surface area contributed by atoms with Gasteiger partial charge in [-0.25, -0.2) is 9.97 Å². The van der Waals surface area contributed by atoms with E-state index in [2.05, 4.69) is 55.9 Å². The summed E-state index contributed by atoms with van der Waals surface area (Å²) in [4.78, 5) is 11.8. The predicted octanol–water partition coefficient (Wildman–Crippen LogP) is 3.66. The first-order valence-corrected chi connectivity index (χ1v) is 7.90.